The van der Waals surface area contributed by atoms with E-state index in [2.05, 4.69) is 10.6 Å². The van der Waals surface area contributed by atoms with E-state index in [4.69, 9.17) is 0 Å². The predicted molar refractivity (Wildman–Crippen MR) is 95.2 cm³/mol. The van der Waals surface area contributed by atoms with E-state index >= 15 is 0 Å². The maximum Gasteiger partial charge on any atom is 0.243 e. The van der Waals surface area contributed by atoms with Crippen LogP contribution in [0.3, 0.4) is 0 Å². The first kappa shape index (κ1) is 18.4. The molecule has 0 aliphatic carbocycles. The third-order valence-corrected chi connectivity index (χ3v) is 6.34. The average Bonchev–Trinajstić information content (AvgIpc) is 3.15. The SMILES string of the molecule is O=C(CNC(=O)C1CCC(=O)N1c1ccccc1)NC1CCS(=O)(=O)C1. The molecule has 3 amide bonds. The maximum absolute atomic E-state index is 12.4. The Bertz CT molecular complexity index is 809. The van der Waals surface area contributed by atoms with Crippen LogP contribution in [0.25, 0.3) is 0 Å². The van der Waals surface area contributed by atoms with E-state index in [0.29, 0.717) is 18.5 Å². The molecule has 2 atom stereocenters. The van der Waals surface area contributed by atoms with Gasteiger partial charge in [-0.3, -0.25) is 19.3 Å². The largest absolute Gasteiger partial charge is 0.351 e. The Labute approximate surface area is 151 Å². The summed E-state index contributed by atoms with van der Waals surface area (Å²) in [5.74, 6) is -0.951. The number of carbonyl (C=O) groups excluding carboxylic acids is 3. The van der Waals surface area contributed by atoms with E-state index in [9.17, 15) is 22.8 Å². The molecule has 0 aromatic heterocycles. The van der Waals surface area contributed by atoms with E-state index in [1.165, 1.54) is 4.90 Å². The lowest BCUT2D eigenvalue weighted by atomic mass is 10.2. The van der Waals surface area contributed by atoms with E-state index in [1.54, 1.807) is 24.3 Å². The molecule has 2 saturated heterocycles. The monoisotopic (exact) mass is 379 g/mol. The molecule has 8 nitrogen and oxygen atoms in total. The quantitative estimate of drug-likeness (QED) is 0.723. The van der Waals surface area contributed by atoms with Crippen LogP contribution in [0.2, 0.25) is 0 Å². The normalized spacial score (nSPS) is 24.5. The van der Waals surface area contributed by atoms with Crippen molar-refractivity contribution in [2.75, 3.05) is 23.0 Å². The highest BCUT2D eigenvalue weighted by molar-refractivity contribution is 7.91. The van der Waals surface area contributed by atoms with Crippen molar-refractivity contribution >= 4 is 33.2 Å². The van der Waals surface area contributed by atoms with Crippen LogP contribution in [0.5, 0.6) is 0 Å². The van der Waals surface area contributed by atoms with Gasteiger partial charge in [0.2, 0.25) is 17.7 Å². The Kier molecular flexibility index (Phi) is 5.26. The molecular formula is C17H21N3O5S. The first-order valence-corrected chi connectivity index (χ1v) is 10.3. The molecule has 2 heterocycles. The Hall–Kier alpha value is -2.42. The molecule has 0 spiro atoms. The van der Waals surface area contributed by atoms with Crippen LogP contribution in [0, 0.1) is 0 Å². The first-order valence-electron chi connectivity index (χ1n) is 8.50. The lowest BCUT2D eigenvalue weighted by Gasteiger charge is -2.24. The molecule has 2 aliphatic rings. The molecule has 2 aliphatic heterocycles. The minimum Gasteiger partial charge on any atom is -0.351 e. The van der Waals surface area contributed by atoms with Gasteiger partial charge in [-0.25, -0.2) is 8.42 Å². The number of rotatable bonds is 5. The minimum atomic E-state index is -3.08. The van der Waals surface area contributed by atoms with Gasteiger partial charge in [0, 0.05) is 18.2 Å². The van der Waals surface area contributed by atoms with Crippen LogP contribution in [0.4, 0.5) is 5.69 Å². The number of hydrogen-bond acceptors (Lipinski definition) is 5. The van der Waals surface area contributed by atoms with Crippen LogP contribution in [0.15, 0.2) is 30.3 Å². The molecule has 140 valence electrons. The highest BCUT2D eigenvalue weighted by atomic mass is 32.2. The van der Waals surface area contributed by atoms with Gasteiger partial charge in [0.05, 0.1) is 18.1 Å². The number of para-hydroxylation sites is 1. The second-order valence-electron chi connectivity index (χ2n) is 6.54. The Morgan fingerprint density at radius 1 is 1.15 bits per heavy atom. The summed E-state index contributed by atoms with van der Waals surface area (Å²) in [6, 6.07) is 7.88. The second kappa shape index (κ2) is 7.45. The van der Waals surface area contributed by atoms with E-state index in [1.807, 2.05) is 6.07 Å². The fraction of sp³-hybridized carbons (Fsp3) is 0.471. The van der Waals surface area contributed by atoms with Crippen molar-refractivity contribution in [3.8, 4) is 0 Å². The number of nitrogens with zero attached hydrogens (tertiary/aromatic N) is 1. The van der Waals surface area contributed by atoms with Gasteiger partial charge < -0.3 is 10.6 Å². The second-order valence-corrected chi connectivity index (χ2v) is 8.77. The topological polar surface area (TPSA) is 113 Å². The van der Waals surface area contributed by atoms with E-state index < -0.39 is 33.7 Å². The van der Waals surface area contributed by atoms with Crippen LogP contribution in [0.1, 0.15) is 19.3 Å². The molecule has 9 heteroatoms. The molecule has 1 aromatic carbocycles. The van der Waals surface area contributed by atoms with Gasteiger partial charge in [-0.05, 0) is 25.0 Å². The van der Waals surface area contributed by atoms with Gasteiger partial charge in [0.1, 0.15) is 6.04 Å². The third-order valence-electron chi connectivity index (χ3n) is 4.57. The molecule has 0 bridgehead atoms. The zero-order chi connectivity index (χ0) is 18.7. The summed E-state index contributed by atoms with van der Waals surface area (Å²) in [4.78, 5) is 38.0. The molecule has 26 heavy (non-hydrogen) atoms. The summed E-state index contributed by atoms with van der Waals surface area (Å²) < 4.78 is 22.8. The van der Waals surface area contributed by atoms with Crippen LogP contribution in [-0.4, -0.2) is 56.3 Å². The van der Waals surface area contributed by atoms with Crippen molar-refractivity contribution in [3.63, 3.8) is 0 Å². The summed E-state index contributed by atoms with van der Waals surface area (Å²) in [5.41, 5.74) is 0.649. The van der Waals surface area contributed by atoms with Crippen molar-refractivity contribution in [2.24, 2.45) is 0 Å². The molecular weight excluding hydrogens is 358 g/mol. The summed E-state index contributed by atoms with van der Waals surface area (Å²) in [6.45, 7) is -0.247. The van der Waals surface area contributed by atoms with Crippen LogP contribution >= 0.6 is 0 Å². The Morgan fingerprint density at radius 3 is 2.54 bits per heavy atom. The zero-order valence-corrected chi connectivity index (χ0v) is 15.0. The fourth-order valence-electron chi connectivity index (χ4n) is 3.32. The van der Waals surface area contributed by atoms with E-state index in [0.717, 1.165) is 0 Å². The molecule has 2 N–H and O–H groups in total. The van der Waals surface area contributed by atoms with Gasteiger partial charge >= 0.3 is 0 Å². The number of hydrogen-bond donors (Lipinski definition) is 2. The van der Waals surface area contributed by atoms with Crippen molar-refractivity contribution in [3.05, 3.63) is 30.3 Å². The van der Waals surface area contributed by atoms with Crippen molar-refractivity contribution < 1.29 is 22.8 Å². The van der Waals surface area contributed by atoms with Gasteiger partial charge in [-0.2, -0.15) is 0 Å². The smallest absolute Gasteiger partial charge is 0.243 e. The number of anilines is 1. The highest BCUT2D eigenvalue weighted by Crippen LogP contribution is 2.26. The van der Waals surface area contributed by atoms with Crippen LogP contribution < -0.4 is 15.5 Å². The van der Waals surface area contributed by atoms with Gasteiger partial charge in [0.25, 0.3) is 0 Å². The molecule has 0 saturated carbocycles. The number of sulfone groups is 1. The maximum atomic E-state index is 12.4. The van der Waals surface area contributed by atoms with Gasteiger partial charge in [-0.15, -0.1) is 0 Å². The summed E-state index contributed by atoms with van der Waals surface area (Å²) in [6.07, 6.45) is 1.06. The lowest BCUT2D eigenvalue weighted by Crippen LogP contribution is -2.48. The average molecular weight is 379 g/mol. The van der Waals surface area contributed by atoms with Crippen molar-refractivity contribution in [1.29, 1.82) is 0 Å². The Balaban J connectivity index is 1.54. The molecule has 2 unspecified atom stereocenters. The number of benzene rings is 1. The van der Waals surface area contributed by atoms with Gasteiger partial charge in [-0.1, -0.05) is 18.2 Å². The Morgan fingerprint density at radius 2 is 1.88 bits per heavy atom. The third kappa shape index (κ3) is 4.21. The number of nitrogens with one attached hydrogen (secondary N) is 2. The van der Waals surface area contributed by atoms with Crippen molar-refractivity contribution in [2.45, 2.75) is 31.3 Å². The standard InChI is InChI=1S/C17H21N3O5S/c21-15(19-12-8-9-26(24,25)11-12)10-18-17(23)14-6-7-16(22)20(14)13-4-2-1-3-5-13/h1-5,12,14H,6-11H2,(H,18,23)(H,19,21). The van der Waals surface area contributed by atoms with E-state index in [-0.39, 0.29) is 30.4 Å². The fourth-order valence-corrected chi connectivity index (χ4v) is 4.99. The predicted octanol–water partition coefficient (Wildman–Crippen LogP) is -0.398. The number of amides is 3. The van der Waals surface area contributed by atoms with Gasteiger partial charge in [0.15, 0.2) is 9.84 Å². The number of carbonyl (C=O) groups is 3. The first-order chi connectivity index (χ1) is 12.4. The summed E-state index contributed by atoms with van der Waals surface area (Å²) in [7, 11) is -3.08. The molecule has 0 radical (unpaired) electrons. The van der Waals surface area contributed by atoms with Crippen molar-refractivity contribution in [1.82, 2.24) is 10.6 Å². The zero-order valence-electron chi connectivity index (χ0n) is 14.2. The minimum absolute atomic E-state index is 0.0639. The van der Waals surface area contributed by atoms with Crippen LogP contribution in [-0.2, 0) is 24.2 Å². The summed E-state index contributed by atoms with van der Waals surface area (Å²) in [5, 5.41) is 5.16. The molecule has 1 aromatic rings. The highest BCUT2D eigenvalue weighted by Gasteiger charge is 2.37. The lowest BCUT2D eigenvalue weighted by molar-refractivity contribution is -0.127. The molecule has 2 fully saturated rings. The molecule has 3 rings (SSSR count). The summed E-state index contributed by atoms with van der Waals surface area (Å²) >= 11 is 0.